The summed E-state index contributed by atoms with van der Waals surface area (Å²) < 4.78 is 10.7. The molecule has 6 nitrogen and oxygen atoms in total. The van der Waals surface area contributed by atoms with E-state index in [1.807, 2.05) is 48.8 Å². The molecule has 0 radical (unpaired) electrons. The minimum absolute atomic E-state index is 0.0941. The summed E-state index contributed by atoms with van der Waals surface area (Å²) in [5.41, 5.74) is 5.10. The fourth-order valence-corrected chi connectivity index (χ4v) is 3.26. The van der Waals surface area contributed by atoms with Crippen molar-refractivity contribution in [3.05, 3.63) is 77.7 Å². The summed E-state index contributed by atoms with van der Waals surface area (Å²) in [6.45, 7) is 1.42. The molecule has 0 spiro atoms. The van der Waals surface area contributed by atoms with Crippen molar-refractivity contribution in [2.24, 2.45) is 0 Å². The highest BCUT2D eigenvalue weighted by Crippen LogP contribution is 2.26. The summed E-state index contributed by atoms with van der Waals surface area (Å²) in [7, 11) is 0. The second kappa shape index (κ2) is 9.30. The molecular weight excluding hydrogens is 366 g/mol. The zero-order valence-corrected chi connectivity index (χ0v) is 16.1. The number of hydrogen-bond donors (Lipinski definition) is 1. The lowest BCUT2D eigenvalue weighted by Crippen LogP contribution is -2.13. The Morgan fingerprint density at radius 1 is 1.00 bits per heavy atom. The first-order valence-corrected chi connectivity index (χ1v) is 9.72. The Hall–Kier alpha value is -3.25. The average Bonchev–Trinajstić information content (AvgIpc) is 2.78. The summed E-state index contributed by atoms with van der Waals surface area (Å²) in [5.74, 6) is 0.589. The largest absolute Gasteiger partial charge is 0.459 e. The summed E-state index contributed by atoms with van der Waals surface area (Å²) in [5, 5.41) is 3.32. The van der Waals surface area contributed by atoms with E-state index in [1.54, 1.807) is 6.20 Å². The van der Waals surface area contributed by atoms with Gasteiger partial charge in [0.15, 0.2) is 0 Å². The molecule has 0 fully saturated rings. The third-order valence-corrected chi connectivity index (χ3v) is 4.74. The second-order valence-corrected chi connectivity index (χ2v) is 6.98. The molecule has 6 heteroatoms. The van der Waals surface area contributed by atoms with Gasteiger partial charge < -0.3 is 14.8 Å². The van der Waals surface area contributed by atoms with Gasteiger partial charge in [0, 0.05) is 36.3 Å². The molecule has 148 valence electrons. The zero-order valence-electron chi connectivity index (χ0n) is 16.1. The standard InChI is InChI=1S/C23H23N3O3/c27-22(29-15-17-5-2-1-3-6-17)16-28-14-18-9-20(12-24-11-18)21-10-19-7-4-8-25-23(19)26-13-21/h1-3,5-6,9-13H,4,7-8,14-16H2,(H,25,26). The average molecular weight is 389 g/mol. The fourth-order valence-electron chi connectivity index (χ4n) is 3.26. The minimum atomic E-state index is -0.385. The van der Waals surface area contributed by atoms with Crippen LogP contribution in [-0.2, 0) is 33.9 Å². The van der Waals surface area contributed by atoms with Gasteiger partial charge in [-0.1, -0.05) is 30.3 Å². The highest BCUT2D eigenvalue weighted by molar-refractivity contribution is 5.70. The van der Waals surface area contributed by atoms with E-state index in [0.29, 0.717) is 6.61 Å². The van der Waals surface area contributed by atoms with E-state index in [1.165, 1.54) is 5.56 Å². The van der Waals surface area contributed by atoms with Crippen molar-refractivity contribution in [2.75, 3.05) is 18.5 Å². The van der Waals surface area contributed by atoms with Crippen molar-refractivity contribution in [3.8, 4) is 11.1 Å². The Balaban J connectivity index is 1.30. The highest BCUT2D eigenvalue weighted by atomic mass is 16.6. The number of fused-ring (bicyclic) bond motifs is 1. The number of nitrogens with zero attached hydrogens (tertiary/aromatic N) is 2. The number of carbonyl (C=O) groups is 1. The quantitative estimate of drug-likeness (QED) is 0.620. The molecule has 29 heavy (non-hydrogen) atoms. The molecule has 0 bridgehead atoms. The van der Waals surface area contributed by atoms with E-state index in [9.17, 15) is 4.79 Å². The van der Waals surface area contributed by atoms with Gasteiger partial charge in [0.05, 0.1) is 6.61 Å². The van der Waals surface area contributed by atoms with E-state index in [2.05, 4.69) is 21.4 Å². The highest BCUT2D eigenvalue weighted by Gasteiger charge is 2.11. The third kappa shape index (κ3) is 5.18. The predicted molar refractivity (Wildman–Crippen MR) is 110 cm³/mol. The van der Waals surface area contributed by atoms with Crippen molar-refractivity contribution in [1.82, 2.24) is 9.97 Å². The van der Waals surface area contributed by atoms with Gasteiger partial charge in [0.2, 0.25) is 0 Å². The van der Waals surface area contributed by atoms with Crippen LogP contribution in [0.25, 0.3) is 11.1 Å². The van der Waals surface area contributed by atoms with E-state index in [4.69, 9.17) is 9.47 Å². The SMILES string of the molecule is O=C(COCc1cncc(-c2cnc3c(c2)CCCN3)c1)OCc1ccccc1. The van der Waals surface area contributed by atoms with Crippen molar-refractivity contribution >= 4 is 11.8 Å². The van der Waals surface area contributed by atoms with Crippen LogP contribution in [0.3, 0.4) is 0 Å². The van der Waals surface area contributed by atoms with Crippen LogP contribution < -0.4 is 5.32 Å². The number of carbonyl (C=O) groups excluding carboxylic acids is 1. The summed E-state index contributed by atoms with van der Waals surface area (Å²) in [6.07, 6.45) is 7.57. The molecule has 1 aliphatic rings. The Bertz CT molecular complexity index is 976. The van der Waals surface area contributed by atoms with Gasteiger partial charge in [0.25, 0.3) is 0 Å². The number of ether oxygens (including phenoxy) is 2. The molecule has 0 saturated heterocycles. The van der Waals surface area contributed by atoms with Crippen LogP contribution in [0.5, 0.6) is 0 Å². The Morgan fingerprint density at radius 3 is 2.76 bits per heavy atom. The van der Waals surface area contributed by atoms with Crippen LogP contribution in [-0.4, -0.2) is 29.1 Å². The maximum Gasteiger partial charge on any atom is 0.332 e. The predicted octanol–water partition coefficient (Wildman–Crippen LogP) is 3.76. The molecule has 1 aliphatic heterocycles. The van der Waals surface area contributed by atoms with Crippen molar-refractivity contribution in [3.63, 3.8) is 0 Å². The lowest BCUT2D eigenvalue weighted by Gasteiger charge is -2.17. The third-order valence-electron chi connectivity index (χ3n) is 4.74. The maximum atomic E-state index is 11.9. The molecule has 3 aromatic rings. The molecular formula is C23H23N3O3. The van der Waals surface area contributed by atoms with Crippen LogP contribution in [0, 0.1) is 0 Å². The second-order valence-electron chi connectivity index (χ2n) is 6.98. The molecule has 0 saturated carbocycles. The number of nitrogens with one attached hydrogen (secondary N) is 1. The molecule has 0 amide bonds. The molecule has 0 atom stereocenters. The monoisotopic (exact) mass is 389 g/mol. The fraction of sp³-hybridized carbons (Fsp3) is 0.261. The lowest BCUT2D eigenvalue weighted by atomic mass is 10.0. The number of hydrogen-bond acceptors (Lipinski definition) is 6. The van der Waals surface area contributed by atoms with Crippen molar-refractivity contribution in [1.29, 1.82) is 0 Å². The van der Waals surface area contributed by atoms with Crippen LogP contribution in [0.4, 0.5) is 5.82 Å². The number of rotatable bonds is 7. The number of esters is 1. The van der Waals surface area contributed by atoms with Gasteiger partial charge in [-0.25, -0.2) is 9.78 Å². The van der Waals surface area contributed by atoms with Crippen LogP contribution in [0.1, 0.15) is 23.1 Å². The van der Waals surface area contributed by atoms with Gasteiger partial charge >= 0.3 is 5.97 Å². The van der Waals surface area contributed by atoms with Crippen LogP contribution in [0.2, 0.25) is 0 Å². The molecule has 2 aromatic heterocycles. The van der Waals surface area contributed by atoms with Gasteiger partial charge in [-0.2, -0.15) is 0 Å². The number of anilines is 1. The Labute approximate surface area is 169 Å². The van der Waals surface area contributed by atoms with Gasteiger partial charge in [-0.15, -0.1) is 0 Å². The van der Waals surface area contributed by atoms with E-state index in [-0.39, 0.29) is 19.2 Å². The molecule has 0 aliphatic carbocycles. The first-order valence-electron chi connectivity index (χ1n) is 9.72. The van der Waals surface area contributed by atoms with Gasteiger partial charge in [0.1, 0.15) is 19.0 Å². The van der Waals surface area contributed by atoms with E-state index in [0.717, 1.165) is 47.5 Å². The van der Waals surface area contributed by atoms with Crippen molar-refractivity contribution < 1.29 is 14.3 Å². The minimum Gasteiger partial charge on any atom is -0.459 e. The Kier molecular flexibility index (Phi) is 6.12. The molecule has 1 N–H and O–H groups in total. The molecule has 3 heterocycles. The number of pyridine rings is 2. The molecule has 4 rings (SSSR count). The smallest absolute Gasteiger partial charge is 0.332 e. The summed E-state index contributed by atoms with van der Waals surface area (Å²) in [6, 6.07) is 13.8. The van der Waals surface area contributed by atoms with Gasteiger partial charge in [-0.3, -0.25) is 4.98 Å². The molecule has 0 unspecified atom stereocenters. The first kappa shape index (κ1) is 19.1. The molecule has 1 aromatic carbocycles. The lowest BCUT2D eigenvalue weighted by molar-refractivity contribution is -0.150. The topological polar surface area (TPSA) is 73.3 Å². The normalized spacial score (nSPS) is 12.7. The Morgan fingerprint density at radius 2 is 1.86 bits per heavy atom. The number of aryl methyl sites for hydroxylation is 1. The van der Waals surface area contributed by atoms with Crippen LogP contribution in [0.15, 0.2) is 61.1 Å². The summed E-state index contributed by atoms with van der Waals surface area (Å²) >= 11 is 0. The van der Waals surface area contributed by atoms with Gasteiger partial charge in [-0.05, 0) is 41.7 Å². The van der Waals surface area contributed by atoms with E-state index >= 15 is 0 Å². The summed E-state index contributed by atoms with van der Waals surface area (Å²) in [4.78, 5) is 20.7. The van der Waals surface area contributed by atoms with Crippen LogP contribution >= 0.6 is 0 Å². The first-order chi connectivity index (χ1) is 14.3. The van der Waals surface area contributed by atoms with Crippen molar-refractivity contribution in [2.45, 2.75) is 26.1 Å². The number of benzene rings is 1. The van der Waals surface area contributed by atoms with E-state index < -0.39 is 0 Å². The number of aromatic nitrogens is 2. The zero-order chi connectivity index (χ0) is 19.9. The maximum absolute atomic E-state index is 11.9.